The molecule has 7 heteroatoms. The Morgan fingerprint density at radius 3 is 2.86 bits per heavy atom. The van der Waals surface area contributed by atoms with E-state index in [2.05, 4.69) is 0 Å². The van der Waals surface area contributed by atoms with Crippen molar-refractivity contribution in [1.82, 2.24) is 4.90 Å². The van der Waals surface area contributed by atoms with Crippen LogP contribution in [0.1, 0.15) is 36.0 Å². The van der Waals surface area contributed by atoms with E-state index in [9.17, 15) is 14.9 Å². The number of piperidine rings is 1. The molecule has 1 amide bonds. The van der Waals surface area contributed by atoms with E-state index in [4.69, 9.17) is 23.2 Å². The Morgan fingerprint density at radius 2 is 2.19 bits per heavy atom. The van der Waals surface area contributed by atoms with Crippen LogP contribution in [0.5, 0.6) is 0 Å². The van der Waals surface area contributed by atoms with Crippen LogP contribution in [-0.4, -0.2) is 34.2 Å². The number of hydrogen-bond acceptors (Lipinski definition) is 3. The van der Waals surface area contributed by atoms with Crippen LogP contribution in [0.3, 0.4) is 0 Å². The van der Waals surface area contributed by atoms with Crippen LogP contribution in [0.25, 0.3) is 0 Å². The Bertz CT molecular complexity index is 549. The second-order valence-corrected chi connectivity index (χ2v) is 5.86. The van der Waals surface area contributed by atoms with Crippen molar-refractivity contribution in [3.63, 3.8) is 0 Å². The Kier molecular flexibility index (Phi) is 5.42. The summed E-state index contributed by atoms with van der Waals surface area (Å²) < 4.78 is 0. The van der Waals surface area contributed by atoms with Gasteiger partial charge in [0, 0.05) is 29.6 Å². The third kappa shape index (κ3) is 3.66. The first kappa shape index (κ1) is 16.0. The van der Waals surface area contributed by atoms with E-state index in [0.717, 1.165) is 19.3 Å². The molecule has 0 bridgehead atoms. The zero-order valence-electron chi connectivity index (χ0n) is 11.4. The van der Waals surface area contributed by atoms with E-state index < -0.39 is 4.92 Å². The summed E-state index contributed by atoms with van der Waals surface area (Å²) in [6, 6.07) is 4.20. The fourth-order valence-electron chi connectivity index (χ4n) is 2.69. The molecule has 114 valence electrons. The molecule has 1 aliphatic heterocycles. The third-order valence-electron chi connectivity index (χ3n) is 3.72. The summed E-state index contributed by atoms with van der Waals surface area (Å²) in [5, 5.41) is 11.4. The quantitative estimate of drug-likeness (QED) is 0.478. The van der Waals surface area contributed by atoms with Gasteiger partial charge in [0.2, 0.25) is 0 Å². The van der Waals surface area contributed by atoms with Gasteiger partial charge in [-0.3, -0.25) is 14.9 Å². The monoisotopic (exact) mass is 330 g/mol. The Balaban J connectivity index is 2.32. The second kappa shape index (κ2) is 7.09. The highest BCUT2D eigenvalue weighted by Crippen LogP contribution is 2.28. The smallest absolute Gasteiger partial charge is 0.283 e. The minimum absolute atomic E-state index is 0.0547. The van der Waals surface area contributed by atoms with E-state index in [1.807, 2.05) is 0 Å². The minimum atomic E-state index is -0.570. The molecule has 0 N–H and O–H groups in total. The van der Waals surface area contributed by atoms with Gasteiger partial charge in [0.25, 0.3) is 11.6 Å². The van der Waals surface area contributed by atoms with Crippen molar-refractivity contribution in [3.05, 3.63) is 38.9 Å². The lowest BCUT2D eigenvalue weighted by atomic mass is 9.98. The van der Waals surface area contributed by atoms with Gasteiger partial charge in [0.05, 0.1) is 4.92 Å². The average molecular weight is 331 g/mol. The van der Waals surface area contributed by atoms with Gasteiger partial charge in [-0.1, -0.05) is 11.6 Å². The summed E-state index contributed by atoms with van der Waals surface area (Å²) in [7, 11) is 0. The number of alkyl halides is 1. The van der Waals surface area contributed by atoms with E-state index >= 15 is 0 Å². The molecule has 1 fully saturated rings. The van der Waals surface area contributed by atoms with Crippen molar-refractivity contribution in [3.8, 4) is 0 Å². The summed E-state index contributed by atoms with van der Waals surface area (Å²) in [5.74, 6) is 0.158. The third-order valence-corrected chi connectivity index (χ3v) is 4.17. The number of halogens is 2. The van der Waals surface area contributed by atoms with Crippen LogP contribution in [0.4, 0.5) is 5.69 Å². The van der Waals surface area contributed by atoms with Gasteiger partial charge in [-0.05, 0) is 37.8 Å². The number of carbonyl (C=O) groups is 1. The maximum atomic E-state index is 12.7. The van der Waals surface area contributed by atoms with Crippen molar-refractivity contribution < 1.29 is 9.72 Å². The van der Waals surface area contributed by atoms with Crippen LogP contribution in [-0.2, 0) is 0 Å². The lowest BCUT2D eigenvalue weighted by Gasteiger charge is -2.35. The highest BCUT2D eigenvalue weighted by molar-refractivity contribution is 6.31. The molecule has 0 saturated carbocycles. The first-order valence-corrected chi connectivity index (χ1v) is 7.76. The number of carbonyl (C=O) groups excluding carboxylic acids is 1. The van der Waals surface area contributed by atoms with Crippen molar-refractivity contribution in [2.24, 2.45) is 0 Å². The first-order valence-electron chi connectivity index (χ1n) is 6.85. The molecule has 0 aromatic heterocycles. The molecular weight excluding hydrogens is 315 g/mol. The van der Waals surface area contributed by atoms with Crippen molar-refractivity contribution in [2.75, 3.05) is 12.4 Å². The Hall–Kier alpha value is -1.33. The molecule has 1 aliphatic rings. The fourth-order valence-corrected chi connectivity index (χ4v) is 3.10. The molecule has 0 aliphatic carbocycles. The maximum Gasteiger partial charge on any atom is 0.283 e. The Morgan fingerprint density at radius 1 is 1.43 bits per heavy atom. The molecule has 2 rings (SSSR count). The predicted octanol–water partition coefficient (Wildman–Crippen LogP) is 3.87. The lowest BCUT2D eigenvalue weighted by molar-refractivity contribution is -0.385. The average Bonchev–Trinajstić information content (AvgIpc) is 2.47. The zero-order valence-corrected chi connectivity index (χ0v) is 12.9. The van der Waals surface area contributed by atoms with Gasteiger partial charge < -0.3 is 4.90 Å². The highest BCUT2D eigenvalue weighted by Gasteiger charge is 2.31. The first-order chi connectivity index (χ1) is 10.0. The van der Waals surface area contributed by atoms with Crippen molar-refractivity contribution >= 4 is 34.8 Å². The lowest BCUT2D eigenvalue weighted by Crippen LogP contribution is -2.44. The number of likely N-dealkylation sites (tertiary alicyclic amines) is 1. The molecule has 1 aromatic rings. The summed E-state index contributed by atoms with van der Waals surface area (Å²) in [6.45, 7) is 0.611. The molecule has 1 aromatic carbocycles. The van der Waals surface area contributed by atoms with Gasteiger partial charge in [-0.2, -0.15) is 0 Å². The number of nitrogens with zero attached hydrogens (tertiary/aromatic N) is 2. The minimum Gasteiger partial charge on any atom is -0.335 e. The molecule has 1 unspecified atom stereocenters. The number of benzene rings is 1. The van der Waals surface area contributed by atoms with E-state index in [1.54, 1.807) is 4.90 Å². The molecule has 21 heavy (non-hydrogen) atoms. The van der Waals surface area contributed by atoms with Crippen LogP contribution in [0, 0.1) is 10.1 Å². The summed E-state index contributed by atoms with van der Waals surface area (Å²) in [5.41, 5.74) is -0.159. The number of nitro groups is 1. The van der Waals surface area contributed by atoms with Gasteiger partial charge in [-0.25, -0.2) is 0 Å². The predicted molar refractivity (Wildman–Crippen MR) is 82.1 cm³/mol. The summed E-state index contributed by atoms with van der Waals surface area (Å²) in [6.07, 6.45) is 3.55. The van der Waals surface area contributed by atoms with Crippen molar-refractivity contribution in [1.29, 1.82) is 0 Å². The molecule has 1 saturated heterocycles. The fraction of sp³-hybridized carbons (Fsp3) is 0.500. The topological polar surface area (TPSA) is 63.4 Å². The second-order valence-electron chi connectivity index (χ2n) is 5.04. The maximum absolute atomic E-state index is 12.7. The molecule has 5 nitrogen and oxygen atoms in total. The SMILES string of the molecule is O=C(c1ccc(Cl)cc1[N+](=O)[O-])N1CCCCC1CCCl. The van der Waals surface area contributed by atoms with Gasteiger partial charge in [0.1, 0.15) is 5.56 Å². The highest BCUT2D eigenvalue weighted by atomic mass is 35.5. The largest absolute Gasteiger partial charge is 0.335 e. The number of hydrogen-bond donors (Lipinski definition) is 0. The molecule has 1 heterocycles. The molecule has 0 radical (unpaired) electrons. The van der Waals surface area contributed by atoms with Gasteiger partial charge in [-0.15, -0.1) is 11.6 Å². The summed E-state index contributed by atoms with van der Waals surface area (Å²) in [4.78, 5) is 24.9. The number of amides is 1. The summed E-state index contributed by atoms with van der Waals surface area (Å²) >= 11 is 11.6. The van der Waals surface area contributed by atoms with E-state index in [0.29, 0.717) is 18.8 Å². The number of rotatable bonds is 4. The Labute approximate surface area is 133 Å². The normalized spacial score (nSPS) is 18.6. The molecule has 0 spiro atoms. The van der Waals surface area contributed by atoms with Crippen LogP contribution < -0.4 is 0 Å². The van der Waals surface area contributed by atoms with E-state index in [-0.39, 0.29) is 28.2 Å². The van der Waals surface area contributed by atoms with E-state index in [1.165, 1.54) is 18.2 Å². The standard InChI is InChI=1S/C14H16Cl2N2O3/c15-7-6-11-3-1-2-8-17(11)14(19)12-5-4-10(16)9-13(12)18(20)21/h4-5,9,11H,1-3,6-8H2. The van der Waals surface area contributed by atoms with Crippen LogP contribution in [0.15, 0.2) is 18.2 Å². The molecular formula is C14H16Cl2N2O3. The molecule has 1 atom stereocenters. The van der Waals surface area contributed by atoms with Crippen LogP contribution >= 0.6 is 23.2 Å². The van der Waals surface area contributed by atoms with Gasteiger partial charge >= 0.3 is 0 Å². The zero-order chi connectivity index (χ0) is 15.4. The van der Waals surface area contributed by atoms with Crippen LogP contribution in [0.2, 0.25) is 5.02 Å². The van der Waals surface area contributed by atoms with Crippen molar-refractivity contribution in [2.45, 2.75) is 31.7 Å². The number of nitro benzene ring substituents is 1. The van der Waals surface area contributed by atoms with Gasteiger partial charge in [0.15, 0.2) is 0 Å².